The molecule has 2 unspecified atom stereocenters. The second-order valence-electron chi connectivity index (χ2n) is 4.82. The number of nitrogens with one attached hydrogen (secondary N) is 2. The number of ether oxygens (including phenoxy) is 1. The third kappa shape index (κ3) is 2.92. The van der Waals surface area contributed by atoms with Gasteiger partial charge < -0.3 is 15.4 Å². The average molecular weight is 212 g/mol. The van der Waals surface area contributed by atoms with E-state index in [2.05, 4.69) is 17.7 Å². The molecule has 2 aliphatic heterocycles. The van der Waals surface area contributed by atoms with Gasteiger partial charge in [-0.05, 0) is 45.2 Å². The summed E-state index contributed by atoms with van der Waals surface area (Å²) in [5.41, 5.74) is 0. The normalized spacial score (nSPS) is 31.4. The molecule has 3 nitrogen and oxygen atoms in total. The van der Waals surface area contributed by atoms with Crippen molar-refractivity contribution in [2.75, 3.05) is 26.8 Å². The molecule has 3 heteroatoms. The summed E-state index contributed by atoms with van der Waals surface area (Å²) in [5, 5.41) is 7.19. The van der Waals surface area contributed by atoms with E-state index in [9.17, 15) is 0 Å². The summed E-state index contributed by atoms with van der Waals surface area (Å²) < 4.78 is 5.43. The summed E-state index contributed by atoms with van der Waals surface area (Å²) >= 11 is 0. The highest BCUT2D eigenvalue weighted by Gasteiger charge is 2.30. The third-order valence-corrected chi connectivity index (χ3v) is 3.89. The van der Waals surface area contributed by atoms with Gasteiger partial charge in [0.2, 0.25) is 0 Å². The van der Waals surface area contributed by atoms with E-state index in [4.69, 9.17) is 4.74 Å². The Labute approximate surface area is 93.0 Å². The Morgan fingerprint density at radius 3 is 2.60 bits per heavy atom. The number of piperidine rings is 1. The van der Waals surface area contributed by atoms with E-state index in [0.29, 0.717) is 12.1 Å². The predicted molar refractivity (Wildman–Crippen MR) is 62.0 cm³/mol. The topological polar surface area (TPSA) is 33.3 Å². The van der Waals surface area contributed by atoms with Crippen LogP contribution in [-0.4, -0.2) is 38.9 Å². The highest BCUT2D eigenvalue weighted by molar-refractivity contribution is 4.89. The second kappa shape index (κ2) is 5.83. The van der Waals surface area contributed by atoms with Crippen LogP contribution in [0, 0.1) is 5.92 Å². The first-order valence-electron chi connectivity index (χ1n) is 6.40. The van der Waals surface area contributed by atoms with Crippen LogP contribution in [-0.2, 0) is 4.74 Å². The van der Waals surface area contributed by atoms with Crippen molar-refractivity contribution in [3.8, 4) is 0 Å². The Hall–Kier alpha value is -0.120. The largest absolute Gasteiger partial charge is 0.381 e. The molecule has 2 rings (SSSR count). The lowest BCUT2D eigenvalue weighted by Crippen LogP contribution is -2.53. The zero-order valence-electron chi connectivity index (χ0n) is 9.80. The highest BCUT2D eigenvalue weighted by Crippen LogP contribution is 2.24. The van der Waals surface area contributed by atoms with Gasteiger partial charge in [0.05, 0.1) is 0 Å². The lowest BCUT2D eigenvalue weighted by atomic mass is 9.84. The lowest BCUT2D eigenvalue weighted by molar-refractivity contribution is 0.0473. The molecule has 15 heavy (non-hydrogen) atoms. The van der Waals surface area contributed by atoms with Crippen LogP contribution >= 0.6 is 0 Å². The molecule has 2 N–H and O–H groups in total. The van der Waals surface area contributed by atoms with Gasteiger partial charge >= 0.3 is 0 Å². The molecule has 2 saturated heterocycles. The summed E-state index contributed by atoms with van der Waals surface area (Å²) in [5.74, 6) is 0.805. The van der Waals surface area contributed by atoms with Crippen LogP contribution in [0.1, 0.15) is 32.1 Å². The molecule has 2 aliphatic rings. The molecule has 0 radical (unpaired) electrons. The van der Waals surface area contributed by atoms with Crippen molar-refractivity contribution in [1.82, 2.24) is 10.6 Å². The van der Waals surface area contributed by atoms with Crippen molar-refractivity contribution in [2.45, 2.75) is 44.2 Å². The standard InChI is InChI=1S/C12H24N2O/c1-13-12(10-5-8-15-9-6-10)11-4-2-3-7-14-11/h10-14H,2-9H2,1H3. The summed E-state index contributed by atoms with van der Waals surface area (Å²) in [6.45, 7) is 3.11. The summed E-state index contributed by atoms with van der Waals surface area (Å²) in [4.78, 5) is 0. The van der Waals surface area contributed by atoms with Gasteiger partial charge in [-0.3, -0.25) is 0 Å². The van der Waals surface area contributed by atoms with E-state index in [1.807, 2.05) is 0 Å². The fourth-order valence-electron chi connectivity index (χ4n) is 3.03. The minimum atomic E-state index is 0.647. The van der Waals surface area contributed by atoms with Gasteiger partial charge in [0.1, 0.15) is 0 Å². The van der Waals surface area contributed by atoms with Crippen molar-refractivity contribution in [3.05, 3.63) is 0 Å². The Kier molecular flexibility index (Phi) is 4.42. The average Bonchev–Trinajstić information content (AvgIpc) is 2.33. The number of hydrogen-bond acceptors (Lipinski definition) is 3. The van der Waals surface area contributed by atoms with E-state index in [0.717, 1.165) is 19.1 Å². The molecule has 2 fully saturated rings. The maximum Gasteiger partial charge on any atom is 0.0469 e. The Bertz CT molecular complexity index is 156. The summed E-state index contributed by atoms with van der Waals surface area (Å²) in [7, 11) is 2.11. The third-order valence-electron chi connectivity index (χ3n) is 3.89. The first-order valence-corrected chi connectivity index (χ1v) is 6.40. The van der Waals surface area contributed by atoms with Crippen molar-refractivity contribution < 1.29 is 4.74 Å². The number of likely N-dealkylation sites (N-methyl/N-ethyl adjacent to an activating group) is 1. The molecule has 0 aromatic rings. The second-order valence-corrected chi connectivity index (χ2v) is 4.82. The van der Waals surface area contributed by atoms with Gasteiger partial charge in [0.15, 0.2) is 0 Å². The fourth-order valence-corrected chi connectivity index (χ4v) is 3.03. The molecule has 2 heterocycles. The van der Waals surface area contributed by atoms with Crippen molar-refractivity contribution >= 4 is 0 Å². The van der Waals surface area contributed by atoms with Gasteiger partial charge in [-0.25, -0.2) is 0 Å². The first kappa shape index (κ1) is 11.4. The lowest BCUT2D eigenvalue weighted by Gasteiger charge is -2.38. The molecule has 0 bridgehead atoms. The van der Waals surface area contributed by atoms with Gasteiger partial charge in [0.25, 0.3) is 0 Å². The van der Waals surface area contributed by atoms with Crippen LogP contribution < -0.4 is 10.6 Å². The minimum Gasteiger partial charge on any atom is -0.381 e. The molecule has 0 spiro atoms. The Morgan fingerprint density at radius 2 is 2.00 bits per heavy atom. The van der Waals surface area contributed by atoms with Crippen LogP contribution in [0.4, 0.5) is 0 Å². The number of hydrogen-bond donors (Lipinski definition) is 2. The summed E-state index contributed by atoms with van der Waals surface area (Å²) in [6, 6.07) is 1.33. The Morgan fingerprint density at radius 1 is 1.20 bits per heavy atom. The highest BCUT2D eigenvalue weighted by atomic mass is 16.5. The SMILES string of the molecule is CNC(C1CCOCC1)C1CCCCN1. The van der Waals surface area contributed by atoms with E-state index < -0.39 is 0 Å². The molecule has 0 aromatic carbocycles. The number of rotatable bonds is 3. The maximum absolute atomic E-state index is 5.43. The molecule has 0 aliphatic carbocycles. The van der Waals surface area contributed by atoms with Crippen LogP contribution in [0.15, 0.2) is 0 Å². The zero-order chi connectivity index (χ0) is 10.5. The quantitative estimate of drug-likeness (QED) is 0.736. The monoisotopic (exact) mass is 212 g/mol. The van der Waals surface area contributed by atoms with Crippen molar-refractivity contribution in [3.63, 3.8) is 0 Å². The molecule has 88 valence electrons. The van der Waals surface area contributed by atoms with Gasteiger partial charge in [0, 0.05) is 25.3 Å². The van der Waals surface area contributed by atoms with E-state index in [1.54, 1.807) is 0 Å². The van der Waals surface area contributed by atoms with Gasteiger partial charge in [-0.2, -0.15) is 0 Å². The van der Waals surface area contributed by atoms with Crippen LogP contribution in [0.2, 0.25) is 0 Å². The summed E-state index contributed by atoms with van der Waals surface area (Å²) in [6.07, 6.45) is 6.52. The Balaban J connectivity index is 1.88. The molecular formula is C12H24N2O. The van der Waals surface area contributed by atoms with E-state index in [1.165, 1.54) is 38.6 Å². The smallest absolute Gasteiger partial charge is 0.0469 e. The van der Waals surface area contributed by atoms with Crippen molar-refractivity contribution in [2.24, 2.45) is 5.92 Å². The van der Waals surface area contributed by atoms with Gasteiger partial charge in [-0.1, -0.05) is 6.42 Å². The van der Waals surface area contributed by atoms with E-state index >= 15 is 0 Å². The minimum absolute atomic E-state index is 0.647. The first-order chi connectivity index (χ1) is 7.42. The zero-order valence-corrected chi connectivity index (χ0v) is 9.80. The van der Waals surface area contributed by atoms with Crippen LogP contribution in [0.5, 0.6) is 0 Å². The van der Waals surface area contributed by atoms with Gasteiger partial charge in [-0.15, -0.1) is 0 Å². The maximum atomic E-state index is 5.43. The van der Waals surface area contributed by atoms with E-state index in [-0.39, 0.29) is 0 Å². The molecular weight excluding hydrogens is 188 g/mol. The van der Waals surface area contributed by atoms with Crippen LogP contribution in [0.25, 0.3) is 0 Å². The van der Waals surface area contributed by atoms with Crippen LogP contribution in [0.3, 0.4) is 0 Å². The molecule has 2 atom stereocenters. The predicted octanol–water partition coefficient (Wildman–Crippen LogP) is 1.14. The molecule has 0 amide bonds. The van der Waals surface area contributed by atoms with Crippen molar-refractivity contribution in [1.29, 1.82) is 0 Å². The molecule has 0 aromatic heterocycles. The fraction of sp³-hybridized carbons (Fsp3) is 1.00. The molecule has 0 saturated carbocycles.